The summed E-state index contributed by atoms with van der Waals surface area (Å²) in [5, 5.41) is 19.3. The van der Waals surface area contributed by atoms with Crippen molar-refractivity contribution in [3.05, 3.63) is 0 Å². The number of unbranched alkanes of at least 4 members (excludes halogenated alkanes) is 11. The number of rotatable bonds is 20. The van der Waals surface area contributed by atoms with Crippen LogP contribution in [0.4, 0.5) is 0 Å². The number of Topliss-reactive ketones (excluding diaryl/α,β-unsaturated/α-hetero) is 1. The molecule has 3 heteroatoms. The molecule has 0 heterocycles. The van der Waals surface area contributed by atoms with Crippen LogP contribution in [0.3, 0.4) is 0 Å². The first kappa shape index (κ1) is 25.6. The Balaban J connectivity index is 3.29. The average molecular weight is 371 g/mol. The van der Waals surface area contributed by atoms with Gasteiger partial charge in [-0.05, 0) is 32.1 Å². The van der Waals surface area contributed by atoms with E-state index in [2.05, 4.69) is 6.92 Å². The number of carbonyl (C=O) groups is 1. The highest BCUT2D eigenvalue weighted by Crippen LogP contribution is 2.14. The molecule has 0 fully saturated rings. The van der Waals surface area contributed by atoms with Gasteiger partial charge in [-0.1, -0.05) is 84.5 Å². The van der Waals surface area contributed by atoms with Crippen molar-refractivity contribution in [3.8, 4) is 0 Å². The van der Waals surface area contributed by atoms with E-state index in [1.807, 2.05) is 6.92 Å². The monoisotopic (exact) mass is 370 g/mol. The minimum absolute atomic E-state index is 0.372. The molecule has 0 aromatic rings. The van der Waals surface area contributed by atoms with Crippen LogP contribution >= 0.6 is 0 Å². The molecular formula is C23H46O3. The smallest absolute Gasteiger partial charge is 0.132 e. The molecule has 0 aliphatic carbocycles. The maximum Gasteiger partial charge on any atom is 0.132 e. The van der Waals surface area contributed by atoms with Gasteiger partial charge < -0.3 is 10.2 Å². The van der Waals surface area contributed by atoms with Crippen LogP contribution in [0.1, 0.15) is 129 Å². The summed E-state index contributed by atoms with van der Waals surface area (Å²) >= 11 is 0. The molecule has 0 spiro atoms. The molecule has 3 nitrogen and oxygen atoms in total. The van der Waals surface area contributed by atoms with E-state index in [0.717, 1.165) is 51.4 Å². The Morgan fingerprint density at radius 1 is 0.654 bits per heavy atom. The molecule has 0 rings (SSSR count). The van der Waals surface area contributed by atoms with E-state index in [1.54, 1.807) is 0 Å². The molecule has 0 aliphatic rings. The van der Waals surface area contributed by atoms with Crippen LogP contribution in [0, 0.1) is 0 Å². The summed E-state index contributed by atoms with van der Waals surface area (Å²) in [5.41, 5.74) is 0. The summed E-state index contributed by atoms with van der Waals surface area (Å²) in [6, 6.07) is 0. The molecule has 0 aromatic carbocycles. The second-order valence-electron chi connectivity index (χ2n) is 8.02. The van der Waals surface area contributed by atoms with Crippen molar-refractivity contribution in [3.63, 3.8) is 0 Å². The van der Waals surface area contributed by atoms with E-state index in [1.165, 1.54) is 51.4 Å². The van der Waals surface area contributed by atoms with Gasteiger partial charge in [0.15, 0.2) is 0 Å². The van der Waals surface area contributed by atoms with Gasteiger partial charge >= 0.3 is 0 Å². The molecular weight excluding hydrogens is 324 g/mol. The van der Waals surface area contributed by atoms with Crippen molar-refractivity contribution in [2.45, 2.75) is 142 Å². The maximum atomic E-state index is 11.9. The Morgan fingerprint density at radius 3 is 1.62 bits per heavy atom. The van der Waals surface area contributed by atoms with E-state index in [0.29, 0.717) is 18.6 Å². The zero-order valence-electron chi connectivity index (χ0n) is 17.7. The number of hydrogen-bond donors (Lipinski definition) is 2. The minimum Gasteiger partial charge on any atom is -0.393 e. The molecule has 0 saturated heterocycles. The van der Waals surface area contributed by atoms with Crippen molar-refractivity contribution < 1.29 is 15.0 Å². The SMILES string of the molecule is CCCCCCCCCCCC(=O)CCCCCCC(O)CC(O)CC. The van der Waals surface area contributed by atoms with E-state index in [-0.39, 0.29) is 12.2 Å². The fourth-order valence-electron chi connectivity index (χ4n) is 3.41. The number of aliphatic hydroxyl groups excluding tert-OH is 2. The second-order valence-corrected chi connectivity index (χ2v) is 8.02. The van der Waals surface area contributed by atoms with E-state index >= 15 is 0 Å². The lowest BCUT2D eigenvalue weighted by Crippen LogP contribution is -2.16. The predicted octanol–water partition coefficient (Wildman–Crippen LogP) is 6.34. The van der Waals surface area contributed by atoms with Gasteiger partial charge in [0.2, 0.25) is 0 Å². The minimum atomic E-state index is -0.377. The van der Waals surface area contributed by atoms with Gasteiger partial charge in [-0.3, -0.25) is 4.79 Å². The first-order valence-corrected chi connectivity index (χ1v) is 11.5. The predicted molar refractivity (Wildman–Crippen MR) is 111 cm³/mol. The normalized spacial score (nSPS) is 13.7. The van der Waals surface area contributed by atoms with Crippen molar-refractivity contribution in [2.24, 2.45) is 0 Å². The number of hydrogen-bond acceptors (Lipinski definition) is 3. The molecule has 0 bridgehead atoms. The van der Waals surface area contributed by atoms with Gasteiger partial charge in [0.1, 0.15) is 5.78 Å². The number of aliphatic hydroxyl groups is 2. The first-order chi connectivity index (χ1) is 12.6. The van der Waals surface area contributed by atoms with E-state index in [9.17, 15) is 15.0 Å². The van der Waals surface area contributed by atoms with Gasteiger partial charge in [-0.15, -0.1) is 0 Å². The highest BCUT2D eigenvalue weighted by molar-refractivity contribution is 5.78. The van der Waals surface area contributed by atoms with Crippen LogP contribution in [0.15, 0.2) is 0 Å². The van der Waals surface area contributed by atoms with Gasteiger partial charge in [-0.25, -0.2) is 0 Å². The topological polar surface area (TPSA) is 57.5 Å². The Morgan fingerprint density at radius 2 is 1.12 bits per heavy atom. The highest BCUT2D eigenvalue weighted by Gasteiger charge is 2.09. The van der Waals surface area contributed by atoms with Gasteiger partial charge in [0.05, 0.1) is 12.2 Å². The van der Waals surface area contributed by atoms with E-state index in [4.69, 9.17) is 0 Å². The molecule has 2 atom stereocenters. The summed E-state index contributed by atoms with van der Waals surface area (Å²) in [7, 11) is 0. The standard InChI is InChI=1S/C23H46O3/c1-3-5-6-7-8-9-10-11-14-17-22(25)18-15-12-13-16-19-23(26)20-21(24)4-2/h21,23-24,26H,3-20H2,1-2H3. The molecule has 2 N–H and O–H groups in total. The van der Waals surface area contributed by atoms with Crippen molar-refractivity contribution >= 4 is 5.78 Å². The summed E-state index contributed by atoms with van der Waals surface area (Å²) < 4.78 is 0. The molecule has 0 aromatic heterocycles. The fraction of sp³-hybridized carbons (Fsp3) is 0.957. The quantitative estimate of drug-likeness (QED) is 0.246. The van der Waals surface area contributed by atoms with Crippen LogP contribution < -0.4 is 0 Å². The zero-order chi connectivity index (χ0) is 19.5. The molecule has 156 valence electrons. The van der Waals surface area contributed by atoms with Gasteiger partial charge in [0, 0.05) is 12.8 Å². The summed E-state index contributed by atoms with van der Waals surface area (Å²) in [5.74, 6) is 0.430. The third-order valence-electron chi connectivity index (χ3n) is 5.32. The molecule has 0 aliphatic heterocycles. The average Bonchev–Trinajstić information content (AvgIpc) is 2.63. The summed E-state index contributed by atoms with van der Waals surface area (Å²) in [6.07, 6.45) is 18.6. The van der Waals surface area contributed by atoms with E-state index < -0.39 is 0 Å². The molecule has 0 saturated carbocycles. The molecule has 0 radical (unpaired) electrons. The third-order valence-corrected chi connectivity index (χ3v) is 5.32. The Kier molecular flexibility index (Phi) is 19.0. The van der Waals surface area contributed by atoms with Crippen LogP contribution in [-0.4, -0.2) is 28.2 Å². The number of ketones is 1. The molecule has 0 amide bonds. The lowest BCUT2D eigenvalue weighted by atomic mass is 10.0. The Hall–Kier alpha value is -0.410. The summed E-state index contributed by atoms with van der Waals surface area (Å²) in [6.45, 7) is 4.19. The highest BCUT2D eigenvalue weighted by atomic mass is 16.3. The van der Waals surface area contributed by atoms with Gasteiger partial charge in [-0.2, -0.15) is 0 Å². The van der Waals surface area contributed by atoms with Crippen molar-refractivity contribution in [2.75, 3.05) is 0 Å². The van der Waals surface area contributed by atoms with Crippen LogP contribution in [0.25, 0.3) is 0 Å². The van der Waals surface area contributed by atoms with Crippen LogP contribution in [0.2, 0.25) is 0 Å². The third kappa shape index (κ3) is 18.4. The lowest BCUT2D eigenvalue weighted by molar-refractivity contribution is -0.119. The Bertz CT molecular complexity index is 304. The van der Waals surface area contributed by atoms with Crippen LogP contribution in [0.5, 0.6) is 0 Å². The summed E-state index contributed by atoms with van der Waals surface area (Å²) in [4.78, 5) is 11.9. The fourth-order valence-corrected chi connectivity index (χ4v) is 3.41. The van der Waals surface area contributed by atoms with Crippen molar-refractivity contribution in [1.29, 1.82) is 0 Å². The van der Waals surface area contributed by atoms with Gasteiger partial charge in [0.25, 0.3) is 0 Å². The first-order valence-electron chi connectivity index (χ1n) is 11.5. The molecule has 26 heavy (non-hydrogen) atoms. The second kappa shape index (κ2) is 19.4. The van der Waals surface area contributed by atoms with Crippen molar-refractivity contribution in [1.82, 2.24) is 0 Å². The maximum absolute atomic E-state index is 11.9. The van der Waals surface area contributed by atoms with Crippen LogP contribution in [-0.2, 0) is 4.79 Å². The molecule has 2 unspecified atom stereocenters. The number of carbonyl (C=O) groups excluding carboxylic acids is 1. The Labute approximate surface area is 163 Å². The largest absolute Gasteiger partial charge is 0.393 e. The zero-order valence-corrected chi connectivity index (χ0v) is 17.7. The lowest BCUT2D eigenvalue weighted by Gasteiger charge is -2.13.